The second kappa shape index (κ2) is 8.67. The van der Waals surface area contributed by atoms with E-state index >= 15 is 0 Å². The van der Waals surface area contributed by atoms with Crippen LogP contribution in [0.1, 0.15) is 36.2 Å². The summed E-state index contributed by atoms with van der Waals surface area (Å²) in [5.74, 6) is 0.114. The molecule has 2 aliphatic heterocycles. The summed E-state index contributed by atoms with van der Waals surface area (Å²) in [4.78, 5) is 25.1. The molecule has 1 aromatic heterocycles. The van der Waals surface area contributed by atoms with Crippen LogP contribution in [0.5, 0.6) is 0 Å². The van der Waals surface area contributed by atoms with Gasteiger partial charge in [-0.05, 0) is 49.9 Å². The van der Waals surface area contributed by atoms with Crippen molar-refractivity contribution >= 4 is 27.3 Å². The van der Waals surface area contributed by atoms with E-state index in [9.17, 15) is 23.3 Å². The van der Waals surface area contributed by atoms with Crippen molar-refractivity contribution in [3.8, 4) is 0 Å². The molecule has 0 atom stereocenters. The van der Waals surface area contributed by atoms with Crippen molar-refractivity contribution in [1.82, 2.24) is 9.21 Å². The van der Waals surface area contributed by atoms with Crippen molar-refractivity contribution in [2.75, 3.05) is 31.5 Å². The van der Waals surface area contributed by atoms with Crippen LogP contribution in [0.15, 0.2) is 45.9 Å². The number of rotatable bonds is 6. The first-order valence-electron chi connectivity index (χ1n) is 10.2. The predicted molar refractivity (Wildman–Crippen MR) is 112 cm³/mol. The maximum absolute atomic E-state index is 12.7. The average molecular weight is 449 g/mol. The van der Waals surface area contributed by atoms with Crippen LogP contribution >= 0.6 is 0 Å². The molecule has 11 heteroatoms. The minimum absolute atomic E-state index is 0.0643. The van der Waals surface area contributed by atoms with Gasteiger partial charge < -0.3 is 14.6 Å². The monoisotopic (exact) mass is 448 g/mol. The van der Waals surface area contributed by atoms with Crippen molar-refractivity contribution in [2.24, 2.45) is 0 Å². The molecule has 0 bridgehead atoms. The first kappa shape index (κ1) is 21.3. The number of likely N-dealkylation sites (tertiary alicyclic amines) is 1. The molecule has 0 unspecified atom stereocenters. The number of benzene rings is 1. The third-order valence-electron chi connectivity index (χ3n) is 5.74. The molecule has 0 radical (unpaired) electrons. The first-order chi connectivity index (χ1) is 14.9. The Morgan fingerprint density at radius 2 is 1.84 bits per heavy atom. The highest BCUT2D eigenvalue weighted by Crippen LogP contribution is 2.31. The number of amides is 1. The first-order valence-corrected chi connectivity index (χ1v) is 11.7. The third-order valence-corrected chi connectivity index (χ3v) is 7.64. The van der Waals surface area contributed by atoms with Gasteiger partial charge >= 0.3 is 0 Å². The lowest BCUT2D eigenvalue weighted by atomic mass is 10.0. The summed E-state index contributed by atoms with van der Waals surface area (Å²) < 4.78 is 32.0. The molecule has 0 saturated carbocycles. The van der Waals surface area contributed by atoms with Crippen molar-refractivity contribution in [1.29, 1.82) is 0 Å². The molecule has 2 fully saturated rings. The molecule has 2 saturated heterocycles. The minimum atomic E-state index is -3.73. The summed E-state index contributed by atoms with van der Waals surface area (Å²) in [5.41, 5.74) is 0.00977. The number of piperidine rings is 1. The van der Waals surface area contributed by atoms with Crippen LogP contribution in [0.3, 0.4) is 0 Å². The number of sulfonamides is 1. The normalized spacial score (nSPS) is 18.3. The number of hydrogen-bond donors (Lipinski definition) is 1. The summed E-state index contributed by atoms with van der Waals surface area (Å²) >= 11 is 0. The van der Waals surface area contributed by atoms with Crippen LogP contribution in [0.4, 0.5) is 11.4 Å². The summed E-state index contributed by atoms with van der Waals surface area (Å²) in [6.07, 6.45) is 4.26. The van der Waals surface area contributed by atoms with Crippen LogP contribution in [0.25, 0.3) is 0 Å². The fourth-order valence-corrected chi connectivity index (χ4v) is 5.56. The van der Waals surface area contributed by atoms with E-state index < -0.39 is 14.9 Å². The molecule has 1 amide bonds. The van der Waals surface area contributed by atoms with Gasteiger partial charge in [0.25, 0.3) is 11.6 Å². The number of carbonyl (C=O) groups is 1. The van der Waals surface area contributed by atoms with E-state index in [1.54, 1.807) is 17.0 Å². The SMILES string of the molecule is O=C(c1ccco1)N1CCC(Nc2ccc(S(=O)(=O)N3CCCC3)cc2[N+](=O)[O-])CC1. The number of nitrogens with zero attached hydrogens (tertiary/aromatic N) is 3. The number of hydrogen-bond acceptors (Lipinski definition) is 7. The zero-order valence-electron chi connectivity index (χ0n) is 16.9. The van der Waals surface area contributed by atoms with E-state index in [0.717, 1.165) is 18.9 Å². The van der Waals surface area contributed by atoms with Gasteiger partial charge in [0.1, 0.15) is 5.69 Å². The Balaban J connectivity index is 1.45. The largest absolute Gasteiger partial charge is 0.459 e. The van der Waals surface area contributed by atoms with Gasteiger partial charge in [-0.3, -0.25) is 14.9 Å². The number of nitrogens with one attached hydrogen (secondary N) is 1. The molecule has 31 heavy (non-hydrogen) atoms. The Bertz CT molecular complexity index is 1060. The molecule has 1 aromatic carbocycles. The summed E-state index contributed by atoms with van der Waals surface area (Å²) in [6, 6.07) is 7.22. The van der Waals surface area contributed by atoms with Crippen LogP contribution < -0.4 is 5.32 Å². The summed E-state index contributed by atoms with van der Waals surface area (Å²) in [5, 5.41) is 14.8. The maximum Gasteiger partial charge on any atom is 0.293 e. The lowest BCUT2D eigenvalue weighted by molar-refractivity contribution is -0.384. The van der Waals surface area contributed by atoms with Gasteiger partial charge in [-0.15, -0.1) is 0 Å². The quantitative estimate of drug-likeness (QED) is 0.532. The lowest BCUT2D eigenvalue weighted by Gasteiger charge is -2.32. The average Bonchev–Trinajstić information content (AvgIpc) is 3.48. The highest BCUT2D eigenvalue weighted by molar-refractivity contribution is 7.89. The molecule has 1 N–H and O–H groups in total. The Labute approximate surface area is 180 Å². The molecule has 3 heterocycles. The van der Waals surface area contributed by atoms with Gasteiger partial charge in [0.15, 0.2) is 5.76 Å². The molecule has 2 aromatic rings. The Morgan fingerprint density at radius 1 is 1.13 bits per heavy atom. The van der Waals surface area contributed by atoms with Crippen molar-refractivity contribution in [2.45, 2.75) is 36.6 Å². The second-order valence-electron chi connectivity index (χ2n) is 7.74. The van der Waals surface area contributed by atoms with Crippen LogP contribution in [0.2, 0.25) is 0 Å². The van der Waals surface area contributed by atoms with E-state index in [2.05, 4.69) is 5.32 Å². The van der Waals surface area contributed by atoms with E-state index in [4.69, 9.17) is 4.42 Å². The Kier molecular flexibility index (Phi) is 5.96. The molecule has 2 aliphatic rings. The molecule has 4 rings (SSSR count). The van der Waals surface area contributed by atoms with Crippen molar-refractivity contribution < 1.29 is 22.6 Å². The third kappa shape index (κ3) is 4.42. The molecule has 10 nitrogen and oxygen atoms in total. The molecular weight excluding hydrogens is 424 g/mol. The molecule has 0 aliphatic carbocycles. The molecular formula is C20H24N4O6S. The number of anilines is 1. The minimum Gasteiger partial charge on any atom is -0.459 e. The van der Waals surface area contributed by atoms with Crippen LogP contribution in [0, 0.1) is 10.1 Å². The zero-order valence-corrected chi connectivity index (χ0v) is 17.7. The van der Waals surface area contributed by atoms with Gasteiger partial charge in [-0.1, -0.05) is 0 Å². The van der Waals surface area contributed by atoms with Crippen LogP contribution in [-0.2, 0) is 10.0 Å². The highest BCUT2D eigenvalue weighted by Gasteiger charge is 2.31. The van der Waals surface area contributed by atoms with Gasteiger partial charge in [0, 0.05) is 38.3 Å². The van der Waals surface area contributed by atoms with E-state index in [0.29, 0.717) is 39.0 Å². The number of nitro groups is 1. The molecule has 0 spiro atoms. The topological polar surface area (TPSA) is 126 Å². The van der Waals surface area contributed by atoms with Crippen LogP contribution in [-0.4, -0.2) is 60.7 Å². The fraction of sp³-hybridized carbons (Fsp3) is 0.450. The summed E-state index contributed by atoms with van der Waals surface area (Å²) in [7, 11) is -3.73. The number of furan rings is 1. The van der Waals surface area contributed by atoms with Gasteiger partial charge in [-0.25, -0.2) is 8.42 Å². The predicted octanol–water partition coefficient (Wildman–Crippen LogP) is 2.69. The zero-order chi connectivity index (χ0) is 22.0. The molecule has 166 valence electrons. The van der Waals surface area contributed by atoms with Gasteiger partial charge in [0.2, 0.25) is 10.0 Å². The fourth-order valence-electron chi connectivity index (χ4n) is 4.03. The second-order valence-corrected chi connectivity index (χ2v) is 9.67. The Hall–Kier alpha value is -2.92. The Morgan fingerprint density at radius 3 is 2.45 bits per heavy atom. The number of nitro benzene ring substituents is 1. The summed E-state index contributed by atoms with van der Waals surface area (Å²) in [6.45, 7) is 1.86. The van der Waals surface area contributed by atoms with Crippen molar-refractivity contribution in [3.05, 3.63) is 52.5 Å². The van der Waals surface area contributed by atoms with Gasteiger partial charge in [-0.2, -0.15) is 4.31 Å². The number of carbonyl (C=O) groups excluding carboxylic acids is 1. The van der Waals surface area contributed by atoms with Gasteiger partial charge in [0.05, 0.1) is 16.1 Å². The lowest BCUT2D eigenvalue weighted by Crippen LogP contribution is -2.42. The van der Waals surface area contributed by atoms with Crippen molar-refractivity contribution in [3.63, 3.8) is 0 Å². The van der Waals surface area contributed by atoms with E-state index in [1.165, 1.54) is 22.7 Å². The van der Waals surface area contributed by atoms with E-state index in [1.807, 2.05) is 0 Å². The highest BCUT2D eigenvalue weighted by atomic mass is 32.2. The maximum atomic E-state index is 12.7. The smallest absolute Gasteiger partial charge is 0.293 e. The van der Waals surface area contributed by atoms with E-state index in [-0.39, 0.29) is 34.0 Å². The standard InChI is InChI=1S/C20H24N4O6S/c25-20(19-4-3-13-30-19)22-11-7-15(8-12-22)21-17-6-5-16(14-18(17)24(26)27)31(28,29)23-9-1-2-10-23/h3-6,13-15,21H,1-2,7-12H2.